The number of benzene rings is 2. The smallest absolute Gasteiger partial charge is 0.237 e. The quantitative estimate of drug-likeness (QED) is 0.0442. The van der Waals surface area contributed by atoms with E-state index in [9.17, 15) is 0 Å². The highest BCUT2D eigenvalue weighted by molar-refractivity contribution is 5.30. The van der Waals surface area contributed by atoms with Gasteiger partial charge in [0.05, 0.1) is 6.54 Å². The van der Waals surface area contributed by atoms with Crippen LogP contribution in [0.4, 0.5) is 0 Å². The Kier molecular flexibility index (Phi) is 23.8. The average Bonchev–Trinajstić information content (AvgIpc) is 3.62. The van der Waals surface area contributed by atoms with Crippen molar-refractivity contribution in [1.29, 1.82) is 0 Å². The Balaban J connectivity index is 1.48. The first-order valence-electron chi connectivity index (χ1n) is 22.3. The molecule has 0 saturated carbocycles. The predicted octanol–water partition coefficient (Wildman–Crippen LogP) is 15.1. The van der Waals surface area contributed by atoms with Crippen molar-refractivity contribution in [3.63, 3.8) is 0 Å². The molecule has 0 N–H and O–H groups in total. The fraction of sp³-hybridized carbons (Fsp3) is 0.694. The Morgan fingerprint density at radius 2 is 0.922 bits per heavy atom. The van der Waals surface area contributed by atoms with Crippen molar-refractivity contribution in [3.05, 3.63) is 90.5 Å². The molecule has 0 aliphatic rings. The van der Waals surface area contributed by atoms with Crippen molar-refractivity contribution < 1.29 is 4.57 Å². The van der Waals surface area contributed by atoms with Crippen LogP contribution in [0.15, 0.2) is 79.4 Å². The molecule has 0 spiro atoms. The molecule has 0 aliphatic heterocycles. The Morgan fingerprint density at radius 1 is 0.510 bits per heavy atom. The van der Waals surface area contributed by atoms with Gasteiger partial charge in [0.1, 0.15) is 18.4 Å². The van der Waals surface area contributed by atoms with Crippen LogP contribution < -0.4 is 4.57 Å². The van der Waals surface area contributed by atoms with Gasteiger partial charge < -0.3 is 0 Å². The largest absolute Gasteiger partial charge is 0.244 e. The van der Waals surface area contributed by atoms with Crippen molar-refractivity contribution in [1.82, 2.24) is 4.57 Å². The van der Waals surface area contributed by atoms with Crippen molar-refractivity contribution >= 4 is 0 Å². The Hall–Kier alpha value is -2.35. The van der Waals surface area contributed by atoms with E-state index < -0.39 is 0 Å². The minimum Gasteiger partial charge on any atom is -0.237 e. The average molecular weight is 698 g/mol. The monoisotopic (exact) mass is 698 g/mol. The topological polar surface area (TPSA) is 8.81 Å². The second-order valence-corrected chi connectivity index (χ2v) is 16.3. The summed E-state index contributed by atoms with van der Waals surface area (Å²) in [5.41, 5.74) is 2.90. The first kappa shape index (κ1) is 43.1. The SMILES string of the molecule is CCCCCCCCCCCCCCCCC[n+]1ccn(C(CCCCCCCCCCCCC)C(C)(Cc2ccccc2)c2ccccc2)c1. The minimum atomic E-state index is 0.00653. The van der Waals surface area contributed by atoms with E-state index in [1.807, 2.05) is 0 Å². The molecule has 1 heterocycles. The van der Waals surface area contributed by atoms with Crippen LogP contribution in [-0.2, 0) is 18.4 Å². The summed E-state index contributed by atoms with van der Waals surface area (Å²) >= 11 is 0. The fourth-order valence-electron chi connectivity index (χ4n) is 8.44. The van der Waals surface area contributed by atoms with E-state index in [0.717, 1.165) is 13.0 Å². The Labute approximate surface area is 317 Å². The lowest BCUT2D eigenvalue weighted by atomic mass is 9.70. The molecule has 2 nitrogen and oxygen atoms in total. The van der Waals surface area contributed by atoms with Crippen LogP contribution in [0.5, 0.6) is 0 Å². The van der Waals surface area contributed by atoms with Gasteiger partial charge in [-0.1, -0.05) is 229 Å². The van der Waals surface area contributed by atoms with Crippen LogP contribution in [0.25, 0.3) is 0 Å². The number of aryl methyl sites for hydroxylation is 1. The number of nitrogens with zero attached hydrogens (tertiary/aromatic N) is 2. The van der Waals surface area contributed by atoms with Gasteiger partial charge >= 0.3 is 0 Å². The number of rotatable bonds is 33. The molecule has 51 heavy (non-hydrogen) atoms. The molecule has 0 radical (unpaired) electrons. The molecular weight excluding hydrogens is 617 g/mol. The molecule has 1 aromatic heterocycles. The number of aromatic nitrogens is 2. The lowest BCUT2D eigenvalue weighted by molar-refractivity contribution is -0.697. The number of unbranched alkanes of at least 4 members (excludes halogenated alkanes) is 24. The lowest BCUT2D eigenvalue weighted by Crippen LogP contribution is -2.38. The van der Waals surface area contributed by atoms with Gasteiger partial charge in [0.2, 0.25) is 6.33 Å². The van der Waals surface area contributed by atoms with Crippen LogP contribution in [0, 0.1) is 0 Å². The summed E-state index contributed by atoms with van der Waals surface area (Å²) in [4.78, 5) is 0. The predicted molar refractivity (Wildman–Crippen MR) is 224 cm³/mol. The van der Waals surface area contributed by atoms with Crippen molar-refractivity contribution in [2.24, 2.45) is 0 Å². The van der Waals surface area contributed by atoms with Gasteiger partial charge in [-0.05, 0) is 43.2 Å². The van der Waals surface area contributed by atoms with Crippen LogP contribution in [0.2, 0.25) is 0 Å². The van der Waals surface area contributed by atoms with Gasteiger partial charge in [-0.2, -0.15) is 0 Å². The second-order valence-electron chi connectivity index (χ2n) is 16.3. The third-order valence-electron chi connectivity index (χ3n) is 11.8. The maximum absolute atomic E-state index is 2.59. The second kappa shape index (κ2) is 28.2. The molecule has 3 aromatic rings. The number of imidazole rings is 1. The lowest BCUT2D eigenvalue weighted by Gasteiger charge is -2.37. The van der Waals surface area contributed by atoms with Crippen molar-refractivity contribution in [3.8, 4) is 0 Å². The third-order valence-corrected chi connectivity index (χ3v) is 11.8. The van der Waals surface area contributed by atoms with Crippen molar-refractivity contribution in [2.75, 3.05) is 0 Å². The molecule has 0 bridgehead atoms. The zero-order valence-electron chi connectivity index (χ0n) is 34.0. The van der Waals surface area contributed by atoms with Gasteiger partial charge in [-0.3, -0.25) is 0 Å². The zero-order chi connectivity index (χ0) is 36.1. The van der Waals surface area contributed by atoms with E-state index in [2.05, 4.69) is 109 Å². The molecule has 2 heteroatoms. The molecule has 2 unspecified atom stereocenters. The van der Waals surface area contributed by atoms with Gasteiger partial charge in [0, 0.05) is 5.41 Å². The first-order valence-corrected chi connectivity index (χ1v) is 22.3. The van der Waals surface area contributed by atoms with Crippen LogP contribution in [-0.4, -0.2) is 4.57 Å². The maximum Gasteiger partial charge on any atom is 0.244 e. The minimum absolute atomic E-state index is 0.00653. The normalized spacial score (nSPS) is 13.4. The molecule has 0 fully saturated rings. The molecule has 2 atom stereocenters. The van der Waals surface area contributed by atoms with Gasteiger partial charge in [-0.15, -0.1) is 0 Å². The number of hydrogen-bond acceptors (Lipinski definition) is 0. The molecule has 0 amide bonds. The van der Waals surface area contributed by atoms with Crippen molar-refractivity contribution in [2.45, 2.75) is 219 Å². The molecule has 286 valence electrons. The summed E-state index contributed by atoms with van der Waals surface area (Å²) in [5, 5.41) is 0. The van der Waals surface area contributed by atoms with E-state index >= 15 is 0 Å². The van der Waals surface area contributed by atoms with Gasteiger partial charge in [0.15, 0.2) is 0 Å². The third kappa shape index (κ3) is 18.3. The van der Waals surface area contributed by atoms with Crippen LogP contribution >= 0.6 is 0 Å². The highest BCUT2D eigenvalue weighted by Gasteiger charge is 2.40. The number of hydrogen-bond donors (Lipinski definition) is 0. The summed E-state index contributed by atoms with van der Waals surface area (Å²) in [6, 6.07) is 23.0. The van der Waals surface area contributed by atoms with Crippen LogP contribution in [0.3, 0.4) is 0 Å². The highest BCUT2D eigenvalue weighted by atomic mass is 15.1. The Bertz CT molecular complexity index is 1180. The van der Waals surface area contributed by atoms with E-state index in [1.54, 1.807) is 0 Å². The van der Waals surface area contributed by atoms with Crippen LogP contribution in [0.1, 0.15) is 211 Å². The standard InChI is InChI=1S/C49H81N2/c1-4-6-8-10-12-14-16-17-18-19-21-23-25-27-35-41-50-42-43-51(45-50)48(40-34-26-24-22-20-15-13-11-9-7-5-2)49(3,47-38-32-29-33-39-47)44-46-36-30-28-31-37-46/h28-33,36-39,42-43,45,48H,4-27,34-35,40-41,44H2,1-3H3/q+1. The summed E-state index contributed by atoms with van der Waals surface area (Å²) in [7, 11) is 0. The zero-order valence-corrected chi connectivity index (χ0v) is 34.0. The van der Waals surface area contributed by atoms with E-state index in [4.69, 9.17) is 0 Å². The summed E-state index contributed by atoms with van der Waals surface area (Å²) in [6.07, 6.45) is 46.1. The maximum atomic E-state index is 2.59. The van der Waals surface area contributed by atoms with Gasteiger partial charge in [0.25, 0.3) is 0 Å². The molecule has 0 saturated heterocycles. The first-order chi connectivity index (χ1) is 25.2. The molecule has 2 aromatic carbocycles. The van der Waals surface area contributed by atoms with Gasteiger partial charge in [-0.25, -0.2) is 9.13 Å². The summed E-state index contributed by atoms with van der Waals surface area (Å²) in [6.45, 7) is 8.29. The highest BCUT2D eigenvalue weighted by Crippen LogP contribution is 2.41. The molecular formula is C49H81N2+. The Morgan fingerprint density at radius 3 is 1.39 bits per heavy atom. The molecule has 3 rings (SSSR count). The molecule has 0 aliphatic carbocycles. The van der Waals surface area contributed by atoms with E-state index in [1.165, 1.54) is 184 Å². The van der Waals surface area contributed by atoms with E-state index in [0.29, 0.717) is 6.04 Å². The fourth-order valence-corrected chi connectivity index (χ4v) is 8.44. The van der Waals surface area contributed by atoms with E-state index in [-0.39, 0.29) is 5.41 Å². The summed E-state index contributed by atoms with van der Waals surface area (Å²) < 4.78 is 5.07. The summed E-state index contributed by atoms with van der Waals surface area (Å²) in [5.74, 6) is 0.